The summed E-state index contributed by atoms with van der Waals surface area (Å²) in [4.78, 5) is 10.9. The van der Waals surface area contributed by atoms with E-state index in [0.29, 0.717) is 0 Å². The number of carboxylic acids is 1. The van der Waals surface area contributed by atoms with Crippen LogP contribution in [0.4, 0.5) is 4.39 Å². The van der Waals surface area contributed by atoms with Crippen molar-refractivity contribution in [3.63, 3.8) is 0 Å². The fourth-order valence-corrected chi connectivity index (χ4v) is 2.20. The van der Waals surface area contributed by atoms with Crippen molar-refractivity contribution in [2.75, 3.05) is 0 Å². The lowest BCUT2D eigenvalue weighted by Crippen LogP contribution is -2.15. The lowest BCUT2D eigenvalue weighted by atomic mass is 10.0. The van der Waals surface area contributed by atoms with Crippen molar-refractivity contribution in [1.29, 1.82) is 0 Å². The largest absolute Gasteiger partial charge is 0.481 e. The molecule has 94 valence electrons. The zero-order valence-electron chi connectivity index (χ0n) is 9.38. The Bertz CT molecular complexity index is 534. The first-order valence-electron chi connectivity index (χ1n) is 5.37. The highest BCUT2D eigenvalue weighted by atomic mass is 35.5. The van der Waals surface area contributed by atoms with E-state index < -0.39 is 17.8 Å². The Balaban J connectivity index is 2.50. The van der Waals surface area contributed by atoms with Gasteiger partial charge in [-0.3, -0.25) is 4.79 Å². The van der Waals surface area contributed by atoms with E-state index in [1.54, 1.807) is 35.2 Å². The SMILES string of the molecule is O=C(O)CC(c1c(F)cccc1Cl)n1cccc1. The maximum atomic E-state index is 13.9. The van der Waals surface area contributed by atoms with Crippen molar-refractivity contribution in [1.82, 2.24) is 4.57 Å². The van der Waals surface area contributed by atoms with Gasteiger partial charge in [0.1, 0.15) is 5.82 Å². The molecule has 2 aromatic rings. The van der Waals surface area contributed by atoms with Crippen LogP contribution in [0.15, 0.2) is 42.7 Å². The Morgan fingerprint density at radius 1 is 1.33 bits per heavy atom. The summed E-state index contributed by atoms with van der Waals surface area (Å²) in [5.74, 6) is -1.50. The summed E-state index contributed by atoms with van der Waals surface area (Å²) in [5.41, 5.74) is 0.206. The number of rotatable bonds is 4. The molecule has 1 N–H and O–H groups in total. The average molecular weight is 268 g/mol. The lowest BCUT2D eigenvalue weighted by molar-refractivity contribution is -0.137. The first kappa shape index (κ1) is 12.6. The lowest BCUT2D eigenvalue weighted by Gasteiger charge is -2.19. The molecule has 1 aromatic heterocycles. The van der Waals surface area contributed by atoms with E-state index in [1.165, 1.54) is 12.1 Å². The molecule has 3 nitrogen and oxygen atoms in total. The van der Waals surface area contributed by atoms with E-state index in [-0.39, 0.29) is 17.0 Å². The summed E-state index contributed by atoms with van der Waals surface area (Å²) >= 11 is 5.98. The molecular weight excluding hydrogens is 257 g/mol. The Kier molecular flexibility index (Phi) is 3.67. The predicted octanol–water partition coefficient (Wildman–Crippen LogP) is 3.34. The zero-order valence-corrected chi connectivity index (χ0v) is 10.1. The van der Waals surface area contributed by atoms with Crippen LogP contribution in [0.2, 0.25) is 5.02 Å². The first-order valence-corrected chi connectivity index (χ1v) is 5.75. The highest BCUT2D eigenvalue weighted by Crippen LogP contribution is 2.31. The van der Waals surface area contributed by atoms with Gasteiger partial charge < -0.3 is 9.67 Å². The van der Waals surface area contributed by atoms with Crippen molar-refractivity contribution in [2.45, 2.75) is 12.5 Å². The molecule has 0 saturated heterocycles. The molecule has 0 fully saturated rings. The summed E-state index contributed by atoms with van der Waals surface area (Å²) in [6.45, 7) is 0. The first-order chi connectivity index (χ1) is 8.59. The molecule has 0 aliphatic heterocycles. The number of halogens is 2. The van der Waals surface area contributed by atoms with Gasteiger partial charge in [0.05, 0.1) is 12.5 Å². The Morgan fingerprint density at radius 3 is 2.56 bits per heavy atom. The minimum absolute atomic E-state index is 0.206. The molecule has 0 spiro atoms. The number of hydrogen-bond donors (Lipinski definition) is 1. The van der Waals surface area contributed by atoms with E-state index in [2.05, 4.69) is 0 Å². The maximum absolute atomic E-state index is 13.9. The van der Waals surface area contributed by atoms with Crippen LogP contribution in [-0.4, -0.2) is 15.6 Å². The van der Waals surface area contributed by atoms with E-state index in [9.17, 15) is 9.18 Å². The Hall–Kier alpha value is -1.81. The molecule has 0 saturated carbocycles. The van der Waals surface area contributed by atoms with Crippen molar-refractivity contribution in [3.05, 3.63) is 59.1 Å². The maximum Gasteiger partial charge on any atom is 0.305 e. The molecule has 1 heterocycles. The number of hydrogen-bond acceptors (Lipinski definition) is 1. The van der Waals surface area contributed by atoms with Crippen LogP contribution in [0.25, 0.3) is 0 Å². The quantitative estimate of drug-likeness (QED) is 0.923. The second-order valence-electron chi connectivity index (χ2n) is 3.88. The van der Waals surface area contributed by atoms with Crippen molar-refractivity contribution in [3.8, 4) is 0 Å². The summed E-state index contributed by atoms with van der Waals surface area (Å²) < 4.78 is 15.5. The van der Waals surface area contributed by atoms with Crippen molar-refractivity contribution >= 4 is 17.6 Å². The van der Waals surface area contributed by atoms with Crippen molar-refractivity contribution in [2.24, 2.45) is 0 Å². The third-order valence-corrected chi connectivity index (χ3v) is 3.02. The van der Waals surface area contributed by atoms with E-state index >= 15 is 0 Å². The topological polar surface area (TPSA) is 42.2 Å². The van der Waals surface area contributed by atoms with Gasteiger partial charge in [-0.1, -0.05) is 17.7 Å². The summed E-state index contributed by atoms with van der Waals surface area (Å²) in [6, 6.07) is 7.19. The molecule has 0 bridgehead atoms. The highest BCUT2D eigenvalue weighted by molar-refractivity contribution is 6.31. The van der Waals surface area contributed by atoms with Crippen LogP contribution in [0.3, 0.4) is 0 Å². The normalized spacial score (nSPS) is 12.3. The van der Waals surface area contributed by atoms with Gasteiger partial charge in [-0.2, -0.15) is 0 Å². The molecule has 1 atom stereocenters. The minimum atomic E-state index is -1.01. The molecule has 1 unspecified atom stereocenters. The summed E-state index contributed by atoms with van der Waals surface area (Å²) in [5, 5.41) is 9.18. The van der Waals surface area contributed by atoms with Gasteiger partial charge in [0.2, 0.25) is 0 Å². The van der Waals surface area contributed by atoms with Gasteiger partial charge in [-0.25, -0.2) is 4.39 Å². The molecule has 1 aromatic carbocycles. The smallest absolute Gasteiger partial charge is 0.305 e. The summed E-state index contributed by atoms with van der Waals surface area (Å²) in [7, 11) is 0. The fraction of sp³-hybridized carbons (Fsp3) is 0.154. The third kappa shape index (κ3) is 2.54. The predicted molar refractivity (Wildman–Crippen MR) is 66.2 cm³/mol. The second-order valence-corrected chi connectivity index (χ2v) is 4.29. The minimum Gasteiger partial charge on any atom is -0.481 e. The van der Waals surface area contributed by atoms with Gasteiger partial charge in [-0.15, -0.1) is 0 Å². The monoisotopic (exact) mass is 267 g/mol. The van der Waals surface area contributed by atoms with Gasteiger partial charge in [0.25, 0.3) is 0 Å². The number of carboxylic acid groups (broad SMARTS) is 1. The van der Waals surface area contributed by atoms with Gasteiger partial charge >= 0.3 is 5.97 Å². The van der Waals surface area contributed by atoms with E-state index in [0.717, 1.165) is 0 Å². The number of benzene rings is 1. The molecule has 0 aliphatic carbocycles. The zero-order chi connectivity index (χ0) is 13.1. The number of aliphatic carboxylic acids is 1. The molecule has 0 amide bonds. The molecule has 0 radical (unpaired) electrons. The van der Waals surface area contributed by atoms with Gasteiger partial charge in [0.15, 0.2) is 0 Å². The van der Waals surface area contributed by atoms with Crippen molar-refractivity contribution < 1.29 is 14.3 Å². The van der Waals surface area contributed by atoms with Crippen LogP contribution < -0.4 is 0 Å². The second kappa shape index (κ2) is 5.23. The molecule has 5 heteroatoms. The molecule has 18 heavy (non-hydrogen) atoms. The number of aromatic nitrogens is 1. The molecule has 2 rings (SSSR count). The fourth-order valence-electron chi connectivity index (χ4n) is 1.91. The van der Waals surface area contributed by atoms with Crippen LogP contribution in [-0.2, 0) is 4.79 Å². The average Bonchev–Trinajstić information content (AvgIpc) is 2.80. The Labute approximate surface area is 108 Å². The number of carbonyl (C=O) groups is 1. The van der Waals surface area contributed by atoms with Gasteiger partial charge in [-0.05, 0) is 24.3 Å². The standard InChI is InChI=1S/C13H11ClFNO2/c14-9-4-3-5-10(15)13(9)11(8-12(17)18)16-6-1-2-7-16/h1-7,11H,8H2,(H,17,18). The van der Waals surface area contributed by atoms with E-state index in [4.69, 9.17) is 16.7 Å². The Morgan fingerprint density at radius 2 is 2.00 bits per heavy atom. The van der Waals surface area contributed by atoms with Gasteiger partial charge in [0, 0.05) is 23.0 Å². The number of nitrogens with zero attached hydrogens (tertiary/aromatic N) is 1. The molecule has 0 aliphatic rings. The highest BCUT2D eigenvalue weighted by Gasteiger charge is 2.22. The molecular formula is C13H11ClFNO2. The summed E-state index contributed by atoms with van der Waals surface area (Å²) in [6.07, 6.45) is 3.15. The van der Waals surface area contributed by atoms with Crippen LogP contribution in [0.5, 0.6) is 0 Å². The van der Waals surface area contributed by atoms with Crippen LogP contribution in [0.1, 0.15) is 18.0 Å². The van der Waals surface area contributed by atoms with Crippen LogP contribution in [0, 0.1) is 5.82 Å². The van der Waals surface area contributed by atoms with E-state index in [1.807, 2.05) is 0 Å². The van der Waals surface area contributed by atoms with Crippen LogP contribution >= 0.6 is 11.6 Å². The third-order valence-electron chi connectivity index (χ3n) is 2.69.